The smallest absolute Gasteiger partial charge is 0.411 e. The second kappa shape index (κ2) is 8.83. The Bertz CT molecular complexity index is 1310. The van der Waals surface area contributed by atoms with Crippen molar-refractivity contribution in [3.63, 3.8) is 0 Å². The largest absolute Gasteiger partial charge is 0.479 e. The highest BCUT2D eigenvalue weighted by atomic mass is 79.9. The number of carboxylic acids is 1. The number of aliphatic carboxylic acids is 1. The molecule has 3 aromatic carbocycles. The number of β-amino-alcohol motifs (C(OH)–C–C–N with tert-alkyl or cyclic N) is 1. The molecule has 0 saturated carbocycles. The molecule has 35 heavy (non-hydrogen) atoms. The molecule has 2 amide bonds. The molecule has 1 saturated heterocycles. The van der Waals surface area contributed by atoms with Crippen LogP contribution in [0.1, 0.15) is 27.4 Å². The van der Waals surface area contributed by atoms with Crippen molar-refractivity contribution in [3.8, 4) is 11.1 Å². The number of likely N-dealkylation sites (tertiary alicyclic amines) is 1. The lowest BCUT2D eigenvalue weighted by Gasteiger charge is -2.43. The number of halogens is 1. The van der Waals surface area contributed by atoms with Gasteiger partial charge in [-0.3, -0.25) is 10.1 Å². The van der Waals surface area contributed by atoms with Crippen molar-refractivity contribution in [2.75, 3.05) is 25.0 Å². The van der Waals surface area contributed by atoms with Gasteiger partial charge in [0.1, 0.15) is 6.61 Å². The lowest BCUT2D eigenvalue weighted by Crippen LogP contribution is -2.67. The van der Waals surface area contributed by atoms with E-state index in [1.807, 2.05) is 36.4 Å². The first-order valence-electron chi connectivity index (χ1n) is 10.9. The quantitative estimate of drug-likeness (QED) is 0.452. The van der Waals surface area contributed by atoms with Crippen molar-refractivity contribution in [1.29, 1.82) is 0 Å². The highest BCUT2D eigenvalue weighted by Gasteiger charge is 2.50. The number of ether oxygens (including phenoxy) is 1. The van der Waals surface area contributed by atoms with Gasteiger partial charge in [-0.15, -0.1) is 0 Å². The van der Waals surface area contributed by atoms with Crippen molar-refractivity contribution in [3.05, 3.63) is 87.9 Å². The van der Waals surface area contributed by atoms with Crippen LogP contribution in [-0.2, 0) is 9.53 Å². The van der Waals surface area contributed by atoms with E-state index < -0.39 is 23.6 Å². The lowest BCUT2D eigenvalue weighted by molar-refractivity contribution is -0.173. The van der Waals surface area contributed by atoms with Crippen LogP contribution in [-0.4, -0.2) is 58.4 Å². The number of benzene rings is 3. The van der Waals surface area contributed by atoms with E-state index in [0.717, 1.165) is 22.3 Å². The van der Waals surface area contributed by atoms with Crippen LogP contribution < -0.4 is 5.32 Å². The van der Waals surface area contributed by atoms with Gasteiger partial charge >= 0.3 is 12.1 Å². The molecule has 1 fully saturated rings. The van der Waals surface area contributed by atoms with E-state index in [2.05, 4.69) is 33.4 Å². The number of hydrogen-bond donors (Lipinski definition) is 3. The predicted molar refractivity (Wildman–Crippen MR) is 131 cm³/mol. The van der Waals surface area contributed by atoms with Gasteiger partial charge in [0.2, 0.25) is 0 Å². The summed E-state index contributed by atoms with van der Waals surface area (Å²) in [5.41, 5.74) is 2.83. The molecule has 3 aromatic rings. The number of nitrogens with one attached hydrogen (secondary N) is 1. The van der Waals surface area contributed by atoms with Gasteiger partial charge < -0.3 is 19.8 Å². The normalized spacial score (nSPS) is 15.5. The van der Waals surface area contributed by atoms with E-state index in [4.69, 9.17) is 9.84 Å². The average Bonchev–Trinajstić information content (AvgIpc) is 3.14. The maximum absolute atomic E-state index is 12.9. The molecule has 5 rings (SSSR count). The summed E-state index contributed by atoms with van der Waals surface area (Å²) in [6.07, 6.45) is -0.718. The standard InChI is InChI=1S/C26H21BrN2O6/c27-15-9-10-20(23(30)29-13-26(34,14-29)24(31)32)22(11-15)28-25(33)35-12-21-18-7-3-1-5-16(18)17-6-2-4-8-19(17)21/h1-11,21,34H,12-14H2,(H,28,33)(H,31,32). The summed E-state index contributed by atoms with van der Waals surface area (Å²) in [7, 11) is 0. The number of nitrogens with zero attached hydrogens (tertiary/aromatic N) is 1. The Hall–Kier alpha value is -3.69. The summed E-state index contributed by atoms with van der Waals surface area (Å²) < 4.78 is 6.21. The summed E-state index contributed by atoms with van der Waals surface area (Å²) in [5.74, 6) is -1.99. The minimum absolute atomic E-state index is 0.105. The number of carboxylic acid groups (broad SMARTS) is 1. The molecule has 0 radical (unpaired) electrons. The fraction of sp³-hybridized carbons (Fsp3) is 0.192. The van der Waals surface area contributed by atoms with Crippen LogP contribution in [0.2, 0.25) is 0 Å². The molecule has 0 atom stereocenters. The monoisotopic (exact) mass is 536 g/mol. The number of hydrogen-bond acceptors (Lipinski definition) is 5. The molecule has 0 aromatic heterocycles. The first kappa shape index (κ1) is 23.1. The predicted octanol–water partition coefficient (Wildman–Crippen LogP) is 4.08. The Morgan fingerprint density at radius 3 is 2.20 bits per heavy atom. The van der Waals surface area contributed by atoms with E-state index in [0.29, 0.717) is 4.47 Å². The topological polar surface area (TPSA) is 116 Å². The van der Waals surface area contributed by atoms with Crippen LogP contribution in [0.5, 0.6) is 0 Å². The molecule has 178 valence electrons. The number of amides is 2. The van der Waals surface area contributed by atoms with Crippen LogP contribution in [0, 0.1) is 0 Å². The first-order valence-corrected chi connectivity index (χ1v) is 11.7. The molecular formula is C26H21BrN2O6. The molecule has 9 heteroatoms. The van der Waals surface area contributed by atoms with Gasteiger partial charge in [-0.05, 0) is 40.5 Å². The van der Waals surface area contributed by atoms with Gasteiger partial charge in [-0.25, -0.2) is 9.59 Å². The van der Waals surface area contributed by atoms with Gasteiger partial charge in [0.25, 0.3) is 5.91 Å². The summed E-state index contributed by atoms with van der Waals surface area (Å²) in [4.78, 5) is 38.0. The molecule has 1 heterocycles. The third kappa shape index (κ3) is 4.17. The molecular weight excluding hydrogens is 516 g/mol. The number of rotatable bonds is 5. The summed E-state index contributed by atoms with van der Waals surface area (Å²) in [5, 5.41) is 21.6. The maximum Gasteiger partial charge on any atom is 0.411 e. The number of fused-ring (bicyclic) bond motifs is 3. The minimum atomic E-state index is -1.95. The summed E-state index contributed by atoms with van der Waals surface area (Å²) in [6, 6.07) is 20.7. The molecule has 8 nitrogen and oxygen atoms in total. The van der Waals surface area contributed by atoms with Crippen LogP contribution in [0.3, 0.4) is 0 Å². The summed E-state index contributed by atoms with van der Waals surface area (Å²) in [6.45, 7) is -0.544. The molecule has 2 aliphatic rings. The fourth-order valence-corrected chi connectivity index (χ4v) is 4.95. The molecule has 1 aliphatic carbocycles. The Kier molecular flexibility index (Phi) is 5.82. The van der Waals surface area contributed by atoms with E-state index in [1.165, 1.54) is 11.0 Å². The minimum Gasteiger partial charge on any atom is -0.479 e. The van der Waals surface area contributed by atoms with Gasteiger partial charge in [0.15, 0.2) is 5.60 Å². The highest BCUT2D eigenvalue weighted by Crippen LogP contribution is 2.44. The Morgan fingerprint density at radius 1 is 1.00 bits per heavy atom. The van der Waals surface area contributed by atoms with Gasteiger partial charge in [-0.1, -0.05) is 64.5 Å². The number of aliphatic hydroxyl groups is 1. The van der Waals surface area contributed by atoms with Gasteiger partial charge in [0, 0.05) is 10.4 Å². The SMILES string of the molecule is O=C(Nc1cc(Br)ccc1C(=O)N1CC(O)(C(=O)O)C1)OCC1c2ccccc2-c2ccccc21. The van der Waals surface area contributed by atoms with Crippen LogP contribution in [0.25, 0.3) is 11.1 Å². The fourth-order valence-electron chi connectivity index (χ4n) is 4.59. The zero-order valence-electron chi connectivity index (χ0n) is 18.4. The van der Waals surface area contributed by atoms with Crippen molar-refractivity contribution in [2.24, 2.45) is 0 Å². The van der Waals surface area contributed by atoms with E-state index >= 15 is 0 Å². The van der Waals surface area contributed by atoms with Gasteiger partial charge in [0.05, 0.1) is 24.3 Å². The van der Waals surface area contributed by atoms with Crippen LogP contribution >= 0.6 is 15.9 Å². The van der Waals surface area contributed by atoms with Crippen molar-refractivity contribution < 1.29 is 29.3 Å². The second-order valence-corrected chi connectivity index (χ2v) is 9.55. The van der Waals surface area contributed by atoms with E-state index in [1.54, 1.807) is 12.1 Å². The zero-order valence-corrected chi connectivity index (χ0v) is 20.0. The second-order valence-electron chi connectivity index (χ2n) is 8.64. The van der Waals surface area contributed by atoms with E-state index in [-0.39, 0.29) is 36.9 Å². The molecule has 0 unspecified atom stereocenters. The van der Waals surface area contributed by atoms with Crippen LogP contribution in [0.15, 0.2) is 71.2 Å². The first-order chi connectivity index (χ1) is 16.8. The molecule has 0 bridgehead atoms. The summed E-state index contributed by atoms with van der Waals surface area (Å²) >= 11 is 3.33. The third-order valence-corrected chi connectivity index (χ3v) is 6.88. The average molecular weight is 537 g/mol. The lowest BCUT2D eigenvalue weighted by atomic mass is 9.93. The zero-order chi connectivity index (χ0) is 24.7. The molecule has 3 N–H and O–H groups in total. The molecule has 1 aliphatic heterocycles. The molecule has 0 spiro atoms. The number of carbonyl (C=O) groups is 3. The Labute approximate surface area is 209 Å². The number of anilines is 1. The Balaban J connectivity index is 1.29. The van der Waals surface area contributed by atoms with Crippen LogP contribution in [0.4, 0.5) is 10.5 Å². The highest BCUT2D eigenvalue weighted by molar-refractivity contribution is 9.10. The Morgan fingerprint density at radius 2 is 1.60 bits per heavy atom. The van der Waals surface area contributed by atoms with Gasteiger partial charge in [-0.2, -0.15) is 0 Å². The number of carbonyl (C=O) groups excluding carboxylic acids is 2. The van der Waals surface area contributed by atoms with E-state index in [9.17, 15) is 19.5 Å². The van der Waals surface area contributed by atoms with Crippen molar-refractivity contribution in [1.82, 2.24) is 4.90 Å². The van der Waals surface area contributed by atoms with Crippen molar-refractivity contribution >= 4 is 39.6 Å². The van der Waals surface area contributed by atoms with Crippen molar-refractivity contribution in [2.45, 2.75) is 11.5 Å². The maximum atomic E-state index is 12.9. The third-order valence-electron chi connectivity index (χ3n) is 6.38.